The van der Waals surface area contributed by atoms with Gasteiger partial charge in [0.05, 0.1) is 0 Å². The van der Waals surface area contributed by atoms with Gasteiger partial charge in [-0.25, -0.2) is 9.97 Å². The Balaban J connectivity index is 1.88. The molecule has 2 aromatic heterocycles. The van der Waals surface area contributed by atoms with E-state index in [0.29, 0.717) is 11.6 Å². The number of hydrogen-bond donors (Lipinski definition) is 1. The number of pyridine rings is 1. The van der Waals surface area contributed by atoms with Crippen LogP contribution < -0.4 is 5.32 Å². The molecule has 84 valence electrons. The van der Waals surface area contributed by atoms with E-state index in [9.17, 15) is 0 Å². The highest BCUT2D eigenvalue weighted by molar-refractivity contribution is 5.30. The van der Waals surface area contributed by atoms with Gasteiger partial charge in [-0.15, -0.1) is 0 Å². The fraction of sp³-hybridized carbons (Fsp3) is 0.167. The number of nitrogens with one attached hydrogen (secondary N) is 1. The van der Waals surface area contributed by atoms with Gasteiger partial charge >= 0.3 is 0 Å². The lowest BCUT2D eigenvalue weighted by Gasteiger charge is -2.04. The zero-order valence-electron chi connectivity index (χ0n) is 9.17. The van der Waals surface area contributed by atoms with Crippen molar-refractivity contribution in [3.63, 3.8) is 0 Å². The molecule has 2 aromatic rings. The third kappa shape index (κ3) is 3.24. The molecule has 1 N–H and O–H groups in total. The molecular formula is C12H11N5. The van der Waals surface area contributed by atoms with Crippen molar-refractivity contribution < 1.29 is 0 Å². The molecule has 2 heterocycles. The van der Waals surface area contributed by atoms with Crippen LogP contribution >= 0.6 is 0 Å². The van der Waals surface area contributed by atoms with E-state index in [0.717, 1.165) is 13.0 Å². The van der Waals surface area contributed by atoms with Crippen LogP contribution in [0.5, 0.6) is 0 Å². The Labute approximate surface area is 99.2 Å². The lowest BCUT2D eigenvalue weighted by Crippen LogP contribution is -2.08. The summed E-state index contributed by atoms with van der Waals surface area (Å²) in [4.78, 5) is 12.0. The SMILES string of the molecule is N#Cc1ccnc(NCCc2ccncc2)n1. The van der Waals surface area contributed by atoms with Crippen LogP contribution in [-0.2, 0) is 6.42 Å². The van der Waals surface area contributed by atoms with Gasteiger partial charge in [-0.2, -0.15) is 5.26 Å². The van der Waals surface area contributed by atoms with Gasteiger partial charge in [0.2, 0.25) is 5.95 Å². The van der Waals surface area contributed by atoms with Crippen LogP contribution in [0, 0.1) is 11.3 Å². The first-order valence-electron chi connectivity index (χ1n) is 5.24. The zero-order chi connectivity index (χ0) is 11.9. The van der Waals surface area contributed by atoms with Gasteiger partial charge in [0.1, 0.15) is 11.8 Å². The lowest BCUT2D eigenvalue weighted by atomic mass is 10.2. The normalized spacial score (nSPS) is 9.59. The summed E-state index contributed by atoms with van der Waals surface area (Å²) < 4.78 is 0. The molecular weight excluding hydrogens is 214 g/mol. The quantitative estimate of drug-likeness (QED) is 0.851. The Morgan fingerprint density at radius 1 is 1.18 bits per heavy atom. The summed E-state index contributed by atoms with van der Waals surface area (Å²) in [6.45, 7) is 0.721. The maximum Gasteiger partial charge on any atom is 0.223 e. The van der Waals surface area contributed by atoms with Gasteiger partial charge in [0.25, 0.3) is 0 Å². The summed E-state index contributed by atoms with van der Waals surface area (Å²) in [5.41, 5.74) is 1.57. The van der Waals surface area contributed by atoms with Crippen LogP contribution in [-0.4, -0.2) is 21.5 Å². The average molecular weight is 225 g/mol. The molecule has 0 saturated heterocycles. The van der Waals surface area contributed by atoms with E-state index >= 15 is 0 Å². The zero-order valence-corrected chi connectivity index (χ0v) is 9.17. The summed E-state index contributed by atoms with van der Waals surface area (Å²) in [7, 11) is 0. The Morgan fingerprint density at radius 2 is 2.00 bits per heavy atom. The third-order valence-corrected chi connectivity index (χ3v) is 2.22. The fourth-order valence-electron chi connectivity index (χ4n) is 1.37. The van der Waals surface area contributed by atoms with E-state index in [1.807, 2.05) is 18.2 Å². The number of hydrogen-bond acceptors (Lipinski definition) is 5. The minimum Gasteiger partial charge on any atom is -0.354 e. The van der Waals surface area contributed by atoms with Crippen LogP contribution in [0.15, 0.2) is 36.8 Å². The third-order valence-electron chi connectivity index (χ3n) is 2.22. The Bertz CT molecular complexity index is 518. The van der Waals surface area contributed by atoms with Crippen molar-refractivity contribution in [1.29, 1.82) is 5.26 Å². The maximum atomic E-state index is 8.69. The van der Waals surface area contributed by atoms with E-state index in [1.165, 1.54) is 5.56 Å². The van der Waals surface area contributed by atoms with Crippen LogP contribution in [0.1, 0.15) is 11.3 Å². The molecule has 0 saturated carbocycles. The number of aromatic nitrogens is 3. The molecule has 5 heteroatoms. The summed E-state index contributed by atoms with van der Waals surface area (Å²) in [6.07, 6.45) is 5.97. The van der Waals surface area contributed by atoms with E-state index in [4.69, 9.17) is 5.26 Å². The Morgan fingerprint density at radius 3 is 2.76 bits per heavy atom. The van der Waals surface area contributed by atoms with Gasteiger partial charge in [-0.1, -0.05) is 0 Å². The minimum atomic E-state index is 0.367. The maximum absolute atomic E-state index is 8.69. The molecule has 0 radical (unpaired) electrons. The van der Waals surface area contributed by atoms with Crippen molar-refractivity contribution in [1.82, 2.24) is 15.0 Å². The van der Waals surface area contributed by atoms with Crippen molar-refractivity contribution >= 4 is 5.95 Å². The van der Waals surface area contributed by atoms with Crippen LogP contribution in [0.2, 0.25) is 0 Å². The first-order valence-corrected chi connectivity index (χ1v) is 5.24. The number of anilines is 1. The Hall–Kier alpha value is -2.48. The second kappa shape index (κ2) is 5.56. The molecule has 17 heavy (non-hydrogen) atoms. The van der Waals surface area contributed by atoms with Gasteiger partial charge in [0, 0.05) is 25.1 Å². The predicted octanol–water partition coefficient (Wildman–Crippen LogP) is 1.40. The molecule has 5 nitrogen and oxygen atoms in total. The second-order valence-electron chi connectivity index (χ2n) is 3.41. The summed E-state index contributed by atoms with van der Waals surface area (Å²) in [5, 5.41) is 11.8. The average Bonchev–Trinajstić information content (AvgIpc) is 2.40. The summed E-state index contributed by atoms with van der Waals surface area (Å²) in [5.74, 6) is 0.484. The largest absolute Gasteiger partial charge is 0.354 e. The second-order valence-corrected chi connectivity index (χ2v) is 3.41. The van der Waals surface area contributed by atoms with Gasteiger partial charge in [-0.3, -0.25) is 4.98 Å². The fourth-order valence-corrected chi connectivity index (χ4v) is 1.37. The smallest absolute Gasteiger partial charge is 0.223 e. The van der Waals surface area contributed by atoms with E-state index in [1.54, 1.807) is 24.7 Å². The number of nitrogens with zero attached hydrogens (tertiary/aromatic N) is 4. The van der Waals surface area contributed by atoms with Gasteiger partial charge in [-0.05, 0) is 30.2 Å². The van der Waals surface area contributed by atoms with Crippen molar-refractivity contribution in [2.45, 2.75) is 6.42 Å². The van der Waals surface area contributed by atoms with Crippen LogP contribution in [0.3, 0.4) is 0 Å². The van der Waals surface area contributed by atoms with E-state index in [2.05, 4.69) is 20.3 Å². The molecule has 0 aliphatic carbocycles. The molecule has 0 unspecified atom stereocenters. The highest BCUT2D eigenvalue weighted by Gasteiger charge is 1.97. The highest BCUT2D eigenvalue weighted by atomic mass is 15.1. The molecule has 0 aromatic carbocycles. The topological polar surface area (TPSA) is 74.5 Å². The predicted molar refractivity (Wildman–Crippen MR) is 63.2 cm³/mol. The van der Waals surface area contributed by atoms with E-state index < -0.39 is 0 Å². The molecule has 0 amide bonds. The molecule has 2 rings (SSSR count). The lowest BCUT2D eigenvalue weighted by molar-refractivity contribution is 0.976. The monoisotopic (exact) mass is 225 g/mol. The van der Waals surface area contributed by atoms with Crippen molar-refractivity contribution in [3.8, 4) is 6.07 Å². The van der Waals surface area contributed by atoms with Crippen molar-refractivity contribution in [2.24, 2.45) is 0 Å². The summed E-state index contributed by atoms with van der Waals surface area (Å²) >= 11 is 0. The van der Waals surface area contributed by atoms with Gasteiger partial charge < -0.3 is 5.32 Å². The van der Waals surface area contributed by atoms with Crippen molar-refractivity contribution in [2.75, 3.05) is 11.9 Å². The highest BCUT2D eigenvalue weighted by Crippen LogP contribution is 2.01. The van der Waals surface area contributed by atoms with Crippen LogP contribution in [0.25, 0.3) is 0 Å². The molecule has 0 fully saturated rings. The Kier molecular flexibility index (Phi) is 3.61. The standard InChI is InChI=1S/C12H11N5/c13-9-11-4-8-16-12(17-11)15-7-3-10-1-5-14-6-2-10/h1-2,4-6,8H,3,7H2,(H,15,16,17). The van der Waals surface area contributed by atoms with Crippen molar-refractivity contribution in [3.05, 3.63) is 48.0 Å². The van der Waals surface area contributed by atoms with Gasteiger partial charge in [0.15, 0.2) is 0 Å². The first kappa shape index (κ1) is 11.0. The van der Waals surface area contributed by atoms with E-state index in [-0.39, 0.29) is 0 Å². The number of rotatable bonds is 4. The molecule has 0 spiro atoms. The minimum absolute atomic E-state index is 0.367. The summed E-state index contributed by atoms with van der Waals surface area (Å²) in [6, 6.07) is 7.49. The molecule has 0 atom stereocenters. The first-order chi connectivity index (χ1) is 8.38. The van der Waals surface area contributed by atoms with Crippen LogP contribution in [0.4, 0.5) is 5.95 Å². The molecule has 0 bridgehead atoms. The molecule has 0 aliphatic rings. The molecule has 0 aliphatic heterocycles. The number of nitriles is 1.